The van der Waals surface area contributed by atoms with Crippen LogP contribution in [-0.2, 0) is 0 Å². The average Bonchev–Trinajstić information content (AvgIpc) is 3.88. The van der Waals surface area contributed by atoms with Crippen molar-refractivity contribution < 1.29 is 4.42 Å². The predicted octanol–water partition coefficient (Wildman–Crippen LogP) is 12.8. The van der Waals surface area contributed by atoms with Gasteiger partial charge in [0.2, 0.25) is 0 Å². The summed E-state index contributed by atoms with van der Waals surface area (Å²) >= 11 is 1.82. The van der Waals surface area contributed by atoms with E-state index in [1.165, 1.54) is 20.2 Å². The van der Waals surface area contributed by atoms with Crippen molar-refractivity contribution in [3.05, 3.63) is 164 Å². The zero-order valence-electron chi connectivity index (χ0n) is 27.2. The van der Waals surface area contributed by atoms with Gasteiger partial charge >= 0.3 is 0 Å². The van der Waals surface area contributed by atoms with Crippen LogP contribution < -0.4 is 0 Å². The Kier molecular flexibility index (Phi) is 6.09. The maximum Gasteiger partial charge on any atom is 0.160 e. The molecule has 0 aliphatic rings. The Labute approximate surface area is 296 Å². The highest BCUT2D eigenvalue weighted by atomic mass is 32.1. The van der Waals surface area contributed by atoms with E-state index in [2.05, 4.69) is 138 Å². The largest absolute Gasteiger partial charge is 0.455 e. The second-order valence-corrected chi connectivity index (χ2v) is 14.0. The van der Waals surface area contributed by atoms with Gasteiger partial charge in [-0.2, -0.15) is 0 Å². The third-order valence-electron chi connectivity index (χ3n) is 10.0. The molecule has 7 aromatic carbocycles. The van der Waals surface area contributed by atoms with E-state index in [1.54, 1.807) is 0 Å². The number of rotatable bonds is 4. The van der Waals surface area contributed by atoms with Crippen LogP contribution in [0, 0.1) is 0 Å². The van der Waals surface area contributed by atoms with E-state index >= 15 is 0 Å². The van der Waals surface area contributed by atoms with Crippen LogP contribution >= 0.6 is 11.3 Å². The van der Waals surface area contributed by atoms with Gasteiger partial charge in [0.15, 0.2) is 5.82 Å². The summed E-state index contributed by atoms with van der Waals surface area (Å²) in [5.74, 6) is 0.704. The lowest BCUT2D eigenvalue weighted by Gasteiger charge is -2.12. The van der Waals surface area contributed by atoms with E-state index in [9.17, 15) is 0 Å². The summed E-state index contributed by atoms with van der Waals surface area (Å²) in [7, 11) is 0. The lowest BCUT2D eigenvalue weighted by molar-refractivity contribution is 0.673. The van der Waals surface area contributed by atoms with Crippen LogP contribution in [0.15, 0.2) is 168 Å². The van der Waals surface area contributed by atoms with Gasteiger partial charge in [-0.25, -0.2) is 9.97 Å². The smallest absolute Gasteiger partial charge is 0.160 e. The monoisotopic (exact) mass is 669 g/mol. The highest BCUT2D eigenvalue weighted by Crippen LogP contribution is 2.42. The highest BCUT2D eigenvalue weighted by molar-refractivity contribution is 7.26. The Morgan fingerprint density at radius 3 is 2.14 bits per heavy atom. The number of thiophene rings is 1. The normalized spacial score (nSPS) is 11.9. The summed E-state index contributed by atoms with van der Waals surface area (Å²) in [5, 5.41) is 7.07. The number of benzene rings is 7. The van der Waals surface area contributed by atoms with Crippen LogP contribution in [0.4, 0.5) is 0 Å². The maximum absolute atomic E-state index is 6.55. The molecule has 51 heavy (non-hydrogen) atoms. The van der Waals surface area contributed by atoms with Crippen LogP contribution in [0.5, 0.6) is 0 Å². The summed E-state index contributed by atoms with van der Waals surface area (Å²) in [6.07, 6.45) is 0. The molecule has 4 nitrogen and oxygen atoms in total. The van der Waals surface area contributed by atoms with Crippen molar-refractivity contribution in [2.24, 2.45) is 0 Å². The molecule has 0 atom stereocenters. The topological polar surface area (TPSA) is 43.9 Å². The quantitative estimate of drug-likeness (QED) is 0.187. The zero-order chi connectivity index (χ0) is 33.5. The molecule has 0 bridgehead atoms. The lowest BCUT2D eigenvalue weighted by Crippen LogP contribution is -1.98. The number of aromatic nitrogens is 3. The second kappa shape index (κ2) is 11.0. The Morgan fingerprint density at radius 1 is 0.490 bits per heavy atom. The maximum atomic E-state index is 6.55. The minimum atomic E-state index is 0.704. The van der Waals surface area contributed by atoms with Crippen LogP contribution in [0.3, 0.4) is 0 Å². The van der Waals surface area contributed by atoms with Crippen molar-refractivity contribution in [3.63, 3.8) is 0 Å². The molecule has 0 N–H and O–H groups in total. The minimum Gasteiger partial charge on any atom is -0.455 e. The fourth-order valence-corrected chi connectivity index (χ4v) is 8.94. The molecule has 11 aromatic rings. The number of hydrogen-bond acceptors (Lipinski definition) is 4. The molecule has 0 fully saturated rings. The van der Waals surface area contributed by atoms with Gasteiger partial charge in [0.05, 0.1) is 27.8 Å². The summed E-state index contributed by atoms with van der Waals surface area (Å²) in [5.41, 5.74) is 10.0. The van der Waals surface area contributed by atoms with Crippen molar-refractivity contribution in [1.29, 1.82) is 0 Å². The molecule has 0 spiro atoms. The third kappa shape index (κ3) is 4.32. The van der Waals surface area contributed by atoms with Gasteiger partial charge < -0.3 is 8.98 Å². The fraction of sp³-hybridized carbons (Fsp3) is 0. The van der Waals surface area contributed by atoms with Crippen LogP contribution in [0.2, 0.25) is 0 Å². The first-order chi connectivity index (χ1) is 25.3. The molecule has 4 heterocycles. The Bertz CT molecular complexity index is 3150. The average molecular weight is 670 g/mol. The van der Waals surface area contributed by atoms with Gasteiger partial charge in [-0.15, -0.1) is 11.3 Å². The molecule has 0 saturated heterocycles. The summed E-state index contributed by atoms with van der Waals surface area (Å²) < 4.78 is 11.4. The molecule has 0 aliphatic carbocycles. The molecule has 0 radical (unpaired) electrons. The molecule has 238 valence electrons. The van der Waals surface area contributed by atoms with Crippen LogP contribution in [0.25, 0.3) is 104 Å². The number of para-hydroxylation sites is 2. The Morgan fingerprint density at radius 2 is 1.22 bits per heavy atom. The van der Waals surface area contributed by atoms with E-state index in [1.807, 2.05) is 41.7 Å². The van der Waals surface area contributed by atoms with Gasteiger partial charge in [0.25, 0.3) is 0 Å². The summed E-state index contributed by atoms with van der Waals surface area (Å²) in [6.45, 7) is 0. The van der Waals surface area contributed by atoms with Gasteiger partial charge in [-0.3, -0.25) is 0 Å². The van der Waals surface area contributed by atoms with E-state index in [4.69, 9.17) is 14.4 Å². The minimum absolute atomic E-state index is 0.704. The standard InChI is InChI=1S/C46H27N3OS/c1-2-12-28(13-3-1)46-47-37(27-38(48-46)35-20-11-19-34-32-17-6-9-23-42(32)51-45(34)35)29-14-10-15-30(26-29)49-39-21-7-4-18-36(39)43-40(49)25-24-33-31-16-5-8-22-41(31)50-44(33)43/h1-27H. The number of furan rings is 1. The predicted molar refractivity (Wildman–Crippen MR) is 213 cm³/mol. The molecule has 4 aromatic heterocycles. The highest BCUT2D eigenvalue weighted by Gasteiger charge is 2.20. The summed E-state index contributed by atoms with van der Waals surface area (Å²) in [6, 6.07) is 57.6. The van der Waals surface area contributed by atoms with Crippen LogP contribution in [-0.4, -0.2) is 14.5 Å². The van der Waals surface area contributed by atoms with Gasteiger partial charge in [-0.1, -0.05) is 115 Å². The Hall–Kier alpha value is -6.56. The van der Waals surface area contributed by atoms with Crippen molar-refractivity contribution in [2.75, 3.05) is 0 Å². The SMILES string of the molecule is c1ccc(-c2nc(-c3cccc(-n4c5ccccc5c5c6oc7ccccc7c6ccc54)c3)cc(-c3cccc4c3sc3ccccc34)n2)cc1. The molecular formula is C46H27N3OS. The van der Waals surface area contributed by atoms with Gasteiger partial charge in [0.1, 0.15) is 11.2 Å². The van der Waals surface area contributed by atoms with E-state index in [0.29, 0.717) is 5.82 Å². The number of fused-ring (bicyclic) bond motifs is 10. The van der Waals surface area contributed by atoms with Crippen LogP contribution in [0.1, 0.15) is 0 Å². The number of hydrogen-bond donors (Lipinski definition) is 0. The third-order valence-corrected chi connectivity index (χ3v) is 11.2. The molecule has 0 saturated carbocycles. The van der Waals surface area contributed by atoms with E-state index in [0.717, 1.165) is 77.5 Å². The van der Waals surface area contributed by atoms with Gasteiger partial charge in [0, 0.05) is 58.7 Å². The fourth-order valence-electron chi connectivity index (χ4n) is 7.72. The van der Waals surface area contributed by atoms with E-state index < -0.39 is 0 Å². The Balaban J connectivity index is 1.14. The van der Waals surface area contributed by atoms with Gasteiger partial charge in [-0.05, 0) is 48.5 Å². The lowest BCUT2D eigenvalue weighted by atomic mass is 10.0. The van der Waals surface area contributed by atoms with Crippen molar-refractivity contribution in [2.45, 2.75) is 0 Å². The molecule has 0 unspecified atom stereocenters. The first-order valence-corrected chi connectivity index (χ1v) is 17.9. The van der Waals surface area contributed by atoms with Crippen molar-refractivity contribution in [3.8, 4) is 39.6 Å². The molecule has 11 rings (SSSR count). The summed E-state index contributed by atoms with van der Waals surface area (Å²) in [4.78, 5) is 10.4. The zero-order valence-corrected chi connectivity index (χ0v) is 28.1. The molecular weight excluding hydrogens is 643 g/mol. The van der Waals surface area contributed by atoms with Crippen molar-refractivity contribution >= 4 is 75.3 Å². The second-order valence-electron chi connectivity index (χ2n) is 12.9. The van der Waals surface area contributed by atoms with Crippen molar-refractivity contribution in [1.82, 2.24) is 14.5 Å². The number of nitrogens with zero attached hydrogens (tertiary/aromatic N) is 3. The molecule has 0 amide bonds. The first kappa shape index (κ1) is 28.3. The molecule has 0 aliphatic heterocycles. The molecule has 5 heteroatoms. The first-order valence-electron chi connectivity index (χ1n) is 17.1. The van der Waals surface area contributed by atoms with E-state index in [-0.39, 0.29) is 0 Å².